The number of carbonyl (C=O) groups is 1. The highest BCUT2D eigenvalue weighted by molar-refractivity contribution is 5.90. The Balaban J connectivity index is 1.42. The molecule has 2 amide bonds. The van der Waals surface area contributed by atoms with E-state index in [1.807, 2.05) is 38.1 Å². The van der Waals surface area contributed by atoms with Crippen LogP contribution in [-0.4, -0.2) is 39.1 Å². The molecule has 1 atom stereocenters. The summed E-state index contributed by atoms with van der Waals surface area (Å²) in [6.45, 7) is 5.33. The second-order valence-corrected chi connectivity index (χ2v) is 7.31. The highest BCUT2D eigenvalue weighted by atomic mass is 16.5. The van der Waals surface area contributed by atoms with Crippen molar-refractivity contribution in [3.05, 3.63) is 48.6 Å². The number of rotatable bonds is 4. The highest BCUT2D eigenvalue weighted by Crippen LogP contribution is 2.28. The van der Waals surface area contributed by atoms with E-state index in [0.29, 0.717) is 36.3 Å². The summed E-state index contributed by atoms with van der Waals surface area (Å²) in [5.41, 5.74) is 1.57. The Kier molecular flexibility index (Phi) is 5.10. The Morgan fingerprint density at radius 3 is 3.00 bits per heavy atom. The van der Waals surface area contributed by atoms with Gasteiger partial charge in [-0.05, 0) is 25.0 Å². The predicted octanol–water partition coefficient (Wildman–Crippen LogP) is 4.26. The molecule has 8 heteroatoms. The van der Waals surface area contributed by atoms with Crippen molar-refractivity contribution in [1.29, 1.82) is 0 Å². The van der Waals surface area contributed by atoms with Crippen LogP contribution in [0.5, 0.6) is 0 Å². The molecule has 0 radical (unpaired) electrons. The summed E-state index contributed by atoms with van der Waals surface area (Å²) < 4.78 is 10.8. The van der Waals surface area contributed by atoms with Gasteiger partial charge < -0.3 is 19.2 Å². The number of nitrogens with zero attached hydrogens (tertiary/aromatic N) is 4. The van der Waals surface area contributed by atoms with Gasteiger partial charge in [0.05, 0.1) is 12.1 Å². The number of aromatic nitrogens is 3. The maximum atomic E-state index is 12.8. The average Bonchev–Trinajstić information content (AvgIpc) is 3.40. The molecule has 3 heterocycles. The molecule has 1 fully saturated rings. The van der Waals surface area contributed by atoms with Gasteiger partial charge in [-0.25, -0.2) is 9.78 Å². The maximum absolute atomic E-state index is 12.8. The first kappa shape index (κ1) is 18.2. The third-order valence-corrected chi connectivity index (χ3v) is 4.86. The van der Waals surface area contributed by atoms with Crippen LogP contribution in [0.25, 0.3) is 11.3 Å². The van der Waals surface area contributed by atoms with Crippen molar-refractivity contribution in [2.75, 3.05) is 18.4 Å². The lowest BCUT2D eigenvalue weighted by Crippen LogP contribution is -2.41. The minimum absolute atomic E-state index is 0.0695. The van der Waals surface area contributed by atoms with E-state index in [0.717, 1.165) is 18.4 Å². The molecule has 0 aliphatic carbocycles. The summed E-state index contributed by atoms with van der Waals surface area (Å²) in [6.07, 6.45) is 4.86. The molecule has 1 aliphatic heterocycles. The zero-order valence-corrected chi connectivity index (χ0v) is 16.0. The van der Waals surface area contributed by atoms with Crippen LogP contribution in [0.3, 0.4) is 0 Å². The molecular weight excluding hydrogens is 358 g/mol. The van der Waals surface area contributed by atoms with E-state index in [4.69, 9.17) is 8.94 Å². The van der Waals surface area contributed by atoms with Crippen LogP contribution >= 0.6 is 0 Å². The summed E-state index contributed by atoms with van der Waals surface area (Å²) in [4.78, 5) is 23.0. The minimum Gasteiger partial charge on any atom is -0.444 e. The number of piperidine rings is 1. The van der Waals surface area contributed by atoms with Crippen LogP contribution in [-0.2, 0) is 0 Å². The van der Waals surface area contributed by atoms with Gasteiger partial charge in [-0.1, -0.05) is 31.1 Å². The van der Waals surface area contributed by atoms with E-state index in [-0.39, 0.29) is 17.9 Å². The standard InChI is InChI=1S/C20H23N5O3/c1-13(2)18-23-19(28-24-18)15-6-4-8-25(11-15)20(26)22-16-7-3-5-14(9-16)17-10-21-12-27-17/h3,5,7,9-10,12-13,15H,4,6,8,11H2,1-2H3,(H,22,26)/t15-/m1/s1. The van der Waals surface area contributed by atoms with Crippen molar-refractivity contribution in [3.63, 3.8) is 0 Å². The Morgan fingerprint density at radius 1 is 1.36 bits per heavy atom. The van der Waals surface area contributed by atoms with Crippen molar-refractivity contribution in [3.8, 4) is 11.3 Å². The summed E-state index contributed by atoms with van der Waals surface area (Å²) in [7, 11) is 0. The number of hydrogen-bond donors (Lipinski definition) is 1. The first-order chi connectivity index (χ1) is 13.6. The van der Waals surface area contributed by atoms with E-state index in [2.05, 4.69) is 20.4 Å². The van der Waals surface area contributed by atoms with Gasteiger partial charge in [0.25, 0.3) is 0 Å². The topological polar surface area (TPSA) is 97.3 Å². The lowest BCUT2D eigenvalue weighted by molar-refractivity contribution is 0.184. The fourth-order valence-corrected chi connectivity index (χ4v) is 3.32. The van der Waals surface area contributed by atoms with Gasteiger partial charge in [0, 0.05) is 30.3 Å². The number of nitrogens with one attached hydrogen (secondary N) is 1. The predicted molar refractivity (Wildman–Crippen MR) is 103 cm³/mol. The molecule has 0 bridgehead atoms. The van der Waals surface area contributed by atoms with Crippen molar-refractivity contribution in [1.82, 2.24) is 20.0 Å². The van der Waals surface area contributed by atoms with E-state index in [9.17, 15) is 4.79 Å². The van der Waals surface area contributed by atoms with Crippen LogP contribution in [0.15, 0.2) is 45.8 Å². The Labute approximate surface area is 162 Å². The van der Waals surface area contributed by atoms with Crippen LogP contribution in [0.1, 0.15) is 50.2 Å². The molecule has 1 aromatic carbocycles. The smallest absolute Gasteiger partial charge is 0.321 e. The molecule has 0 spiro atoms. The van der Waals surface area contributed by atoms with E-state index in [1.54, 1.807) is 11.1 Å². The summed E-state index contributed by atoms with van der Waals surface area (Å²) >= 11 is 0. The lowest BCUT2D eigenvalue weighted by Gasteiger charge is -2.31. The van der Waals surface area contributed by atoms with E-state index >= 15 is 0 Å². The third kappa shape index (κ3) is 3.90. The minimum atomic E-state index is -0.136. The molecule has 2 aromatic heterocycles. The maximum Gasteiger partial charge on any atom is 0.321 e. The number of hydrogen-bond acceptors (Lipinski definition) is 6. The van der Waals surface area contributed by atoms with Crippen LogP contribution in [0.2, 0.25) is 0 Å². The average molecular weight is 381 g/mol. The monoisotopic (exact) mass is 381 g/mol. The zero-order valence-electron chi connectivity index (χ0n) is 16.0. The number of amides is 2. The van der Waals surface area contributed by atoms with Crippen LogP contribution in [0, 0.1) is 0 Å². The Bertz CT molecular complexity index is 935. The SMILES string of the molecule is CC(C)c1noc([C@@H]2CCCN(C(=O)Nc3cccc(-c4cnco4)c3)C2)n1. The van der Waals surface area contributed by atoms with Crippen molar-refractivity contribution >= 4 is 11.7 Å². The molecular formula is C20H23N5O3. The van der Waals surface area contributed by atoms with Gasteiger partial charge >= 0.3 is 6.03 Å². The fraction of sp³-hybridized carbons (Fsp3) is 0.400. The van der Waals surface area contributed by atoms with Gasteiger partial charge in [-0.15, -0.1) is 0 Å². The number of anilines is 1. The molecule has 0 saturated carbocycles. The Morgan fingerprint density at radius 2 is 2.25 bits per heavy atom. The van der Waals surface area contributed by atoms with E-state index < -0.39 is 0 Å². The molecule has 1 saturated heterocycles. The molecule has 4 rings (SSSR count). The van der Waals surface area contributed by atoms with Gasteiger partial charge in [0.1, 0.15) is 0 Å². The Hall–Kier alpha value is -3.16. The largest absolute Gasteiger partial charge is 0.444 e. The molecule has 8 nitrogen and oxygen atoms in total. The molecule has 0 unspecified atom stereocenters. The van der Waals surface area contributed by atoms with Gasteiger partial charge in [0.15, 0.2) is 18.0 Å². The number of oxazole rings is 1. The number of carbonyl (C=O) groups excluding carboxylic acids is 1. The summed E-state index contributed by atoms with van der Waals surface area (Å²) in [6, 6.07) is 7.37. The van der Waals surface area contributed by atoms with Gasteiger partial charge in [0.2, 0.25) is 5.89 Å². The zero-order chi connectivity index (χ0) is 19.5. The summed E-state index contributed by atoms with van der Waals surface area (Å²) in [5.74, 6) is 2.28. The number of likely N-dealkylation sites (tertiary alicyclic amines) is 1. The number of benzene rings is 1. The fourth-order valence-electron chi connectivity index (χ4n) is 3.32. The first-order valence-corrected chi connectivity index (χ1v) is 9.48. The lowest BCUT2D eigenvalue weighted by atomic mass is 9.98. The van der Waals surface area contributed by atoms with Crippen molar-refractivity contribution < 1.29 is 13.7 Å². The van der Waals surface area contributed by atoms with E-state index in [1.165, 1.54) is 6.39 Å². The van der Waals surface area contributed by atoms with Crippen LogP contribution < -0.4 is 5.32 Å². The second-order valence-electron chi connectivity index (χ2n) is 7.31. The summed E-state index contributed by atoms with van der Waals surface area (Å²) in [5, 5.41) is 7.01. The first-order valence-electron chi connectivity index (χ1n) is 9.48. The van der Waals surface area contributed by atoms with Crippen molar-refractivity contribution in [2.45, 2.75) is 38.5 Å². The molecule has 146 valence electrons. The van der Waals surface area contributed by atoms with Crippen LogP contribution in [0.4, 0.5) is 10.5 Å². The molecule has 28 heavy (non-hydrogen) atoms. The molecule has 3 aromatic rings. The van der Waals surface area contributed by atoms with Gasteiger partial charge in [-0.3, -0.25) is 0 Å². The molecule has 1 N–H and O–H groups in total. The highest BCUT2D eigenvalue weighted by Gasteiger charge is 2.29. The van der Waals surface area contributed by atoms with Gasteiger partial charge in [-0.2, -0.15) is 4.98 Å². The van der Waals surface area contributed by atoms with Crippen molar-refractivity contribution in [2.24, 2.45) is 0 Å². The number of urea groups is 1. The quantitative estimate of drug-likeness (QED) is 0.725. The third-order valence-electron chi connectivity index (χ3n) is 4.86. The normalized spacial score (nSPS) is 17.1. The second kappa shape index (κ2) is 7.84. The molecule has 1 aliphatic rings.